The maximum Gasteiger partial charge on any atom is 0.243 e. The van der Waals surface area contributed by atoms with E-state index in [2.05, 4.69) is 4.72 Å². The Labute approximate surface area is 165 Å². The van der Waals surface area contributed by atoms with E-state index in [0.29, 0.717) is 29.4 Å². The van der Waals surface area contributed by atoms with E-state index < -0.39 is 20.0 Å². The van der Waals surface area contributed by atoms with E-state index >= 15 is 0 Å². The van der Waals surface area contributed by atoms with Crippen LogP contribution in [0.25, 0.3) is 0 Å². The number of halogens is 1. The Hall–Kier alpha value is -1.61. The highest BCUT2D eigenvalue weighted by Gasteiger charge is 2.25. The fraction of sp³-hybridized carbons (Fsp3) is 0.333. The Morgan fingerprint density at radius 3 is 2.04 bits per heavy atom. The lowest BCUT2D eigenvalue weighted by molar-refractivity contribution is 0.346. The molecule has 0 spiro atoms. The highest BCUT2D eigenvalue weighted by Crippen LogP contribution is 2.23. The maximum absolute atomic E-state index is 12.6. The molecule has 1 saturated heterocycles. The van der Waals surface area contributed by atoms with E-state index in [4.69, 9.17) is 11.6 Å². The van der Waals surface area contributed by atoms with Gasteiger partial charge in [-0.3, -0.25) is 4.72 Å². The van der Waals surface area contributed by atoms with Crippen molar-refractivity contribution >= 4 is 37.3 Å². The van der Waals surface area contributed by atoms with Crippen molar-refractivity contribution < 1.29 is 16.8 Å². The first kappa shape index (κ1) is 20.1. The fourth-order valence-electron chi connectivity index (χ4n) is 2.96. The molecule has 0 amide bonds. The minimum atomic E-state index is -3.62. The quantitative estimate of drug-likeness (QED) is 0.763. The van der Waals surface area contributed by atoms with Gasteiger partial charge in [-0.25, -0.2) is 16.8 Å². The molecule has 0 bridgehead atoms. The number of hydrogen-bond donors (Lipinski definition) is 1. The Morgan fingerprint density at radius 1 is 0.852 bits per heavy atom. The molecule has 2 aromatic carbocycles. The van der Waals surface area contributed by atoms with Gasteiger partial charge in [-0.1, -0.05) is 30.2 Å². The summed E-state index contributed by atoms with van der Waals surface area (Å²) in [4.78, 5) is 0.171. The molecular weight excluding hydrogens is 408 g/mol. The maximum atomic E-state index is 12.6. The molecule has 1 aliphatic heterocycles. The van der Waals surface area contributed by atoms with Crippen LogP contribution in [0.3, 0.4) is 0 Å². The van der Waals surface area contributed by atoms with Crippen molar-refractivity contribution in [3.05, 3.63) is 59.1 Å². The van der Waals surface area contributed by atoms with Crippen LogP contribution in [0.15, 0.2) is 53.4 Å². The second-order valence-corrected chi connectivity index (χ2v) is 10.6. The number of sulfonamides is 2. The van der Waals surface area contributed by atoms with Crippen LogP contribution in [0.1, 0.15) is 24.8 Å². The van der Waals surface area contributed by atoms with Gasteiger partial charge < -0.3 is 0 Å². The van der Waals surface area contributed by atoms with Crippen LogP contribution >= 0.6 is 11.6 Å². The zero-order valence-electron chi connectivity index (χ0n) is 14.6. The number of rotatable bonds is 6. The largest absolute Gasteiger partial charge is 0.283 e. The van der Waals surface area contributed by atoms with Crippen molar-refractivity contribution in [2.75, 3.05) is 17.8 Å². The fourth-order valence-corrected chi connectivity index (χ4v) is 5.81. The number of piperidine rings is 1. The summed E-state index contributed by atoms with van der Waals surface area (Å²) in [7, 11) is -7.15. The molecule has 0 unspecified atom stereocenters. The zero-order chi connectivity index (χ0) is 19.5. The minimum absolute atomic E-state index is 0.171. The summed E-state index contributed by atoms with van der Waals surface area (Å²) in [6.45, 7) is 1.05. The number of benzene rings is 2. The Morgan fingerprint density at radius 2 is 1.44 bits per heavy atom. The lowest BCUT2D eigenvalue weighted by Crippen LogP contribution is -2.35. The summed E-state index contributed by atoms with van der Waals surface area (Å²) in [5.74, 6) is -0.196. The highest BCUT2D eigenvalue weighted by atomic mass is 35.5. The topological polar surface area (TPSA) is 83.5 Å². The Kier molecular flexibility index (Phi) is 6.10. The number of hydrogen-bond acceptors (Lipinski definition) is 4. The molecule has 27 heavy (non-hydrogen) atoms. The summed E-state index contributed by atoms with van der Waals surface area (Å²) < 4.78 is 53.8. The molecular formula is C18H21ClN2O4S2. The second kappa shape index (κ2) is 8.18. The molecule has 2 aromatic rings. The predicted molar refractivity (Wildman–Crippen MR) is 107 cm³/mol. The van der Waals surface area contributed by atoms with Crippen LogP contribution in [0.5, 0.6) is 0 Å². The molecule has 0 radical (unpaired) electrons. The molecule has 9 heteroatoms. The molecule has 1 aliphatic rings. The Balaban J connectivity index is 1.70. The number of anilines is 1. The highest BCUT2D eigenvalue weighted by molar-refractivity contribution is 7.92. The zero-order valence-corrected chi connectivity index (χ0v) is 17.0. The first-order chi connectivity index (χ1) is 12.8. The van der Waals surface area contributed by atoms with Crippen molar-refractivity contribution in [1.82, 2.24) is 4.31 Å². The van der Waals surface area contributed by atoms with E-state index in [1.165, 1.54) is 28.6 Å². The third-order valence-electron chi connectivity index (χ3n) is 4.35. The molecule has 1 N–H and O–H groups in total. The van der Waals surface area contributed by atoms with Crippen LogP contribution in [-0.4, -0.2) is 34.2 Å². The van der Waals surface area contributed by atoms with Crippen molar-refractivity contribution in [3.8, 4) is 0 Å². The SMILES string of the molecule is O=S(=O)(Cc1ccc(Cl)cc1)Nc1ccc(S(=O)(=O)N2CCCCC2)cc1. The average molecular weight is 429 g/mol. The smallest absolute Gasteiger partial charge is 0.243 e. The van der Waals surface area contributed by atoms with Gasteiger partial charge in [0, 0.05) is 23.8 Å². The molecule has 0 atom stereocenters. The first-order valence-corrected chi connectivity index (χ1v) is 12.1. The Bertz CT molecular complexity index is 983. The summed E-state index contributed by atoms with van der Waals surface area (Å²) in [5.41, 5.74) is 0.928. The molecule has 0 aromatic heterocycles. The van der Waals surface area contributed by atoms with Gasteiger partial charge in [0.05, 0.1) is 10.6 Å². The number of nitrogens with one attached hydrogen (secondary N) is 1. The third kappa shape index (κ3) is 5.22. The van der Waals surface area contributed by atoms with Crippen LogP contribution in [0, 0.1) is 0 Å². The molecule has 1 heterocycles. The van der Waals surface area contributed by atoms with Gasteiger partial charge in [0.1, 0.15) is 0 Å². The van der Waals surface area contributed by atoms with Gasteiger partial charge in [0.15, 0.2) is 0 Å². The predicted octanol–water partition coefficient (Wildman–Crippen LogP) is 3.46. The van der Waals surface area contributed by atoms with Crippen molar-refractivity contribution in [1.29, 1.82) is 0 Å². The van der Waals surface area contributed by atoms with Crippen LogP contribution in [0.4, 0.5) is 5.69 Å². The molecule has 146 valence electrons. The summed E-state index contributed by atoms with van der Waals surface area (Å²) in [6.07, 6.45) is 2.77. The van der Waals surface area contributed by atoms with Crippen LogP contribution in [0.2, 0.25) is 5.02 Å². The van der Waals surface area contributed by atoms with Crippen molar-refractivity contribution in [3.63, 3.8) is 0 Å². The van der Waals surface area contributed by atoms with E-state index in [0.717, 1.165) is 19.3 Å². The molecule has 0 saturated carbocycles. The van der Waals surface area contributed by atoms with Gasteiger partial charge in [0.2, 0.25) is 20.0 Å². The molecule has 1 fully saturated rings. The average Bonchev–Trinajstić information content (AvgIpc) is 2.64. The third-order valence-corrected chi connectivity index (χ3v) is 7.78. The number of nitrogens with zero attached hydrogens (tertiary/aromatic N) is 1. The summed E-state index contributed by atoms with van der Waals surface area (Å²) >= 11 is 5.80. The van der Waals surface area contributed by atoms with Crippen molar-refractivity contribution in [2.24, 2.45) is 0 Å². The second-order valence-electron chi connectivity index (χ2n) is 6.48. The molecule has 6 nitrogen and oxygen atoms in total. The first-order valence-electron chi connectivity index (χ1n) is 8.61. The summed E-state index contributed by atoms with van der Waals surface area (Å²) in [6, 6.07) is 12.4. The van der Waals surface area contributed by atoms with E-state index in [9.17, 15) is 16.8 Å². The van der Waals surface area contributed by atoms with Crippen molar-refractivity contribution in [2.45, 2.75) is 29.9 Å². The lowest BCUT2D eigenvalue weighted by Gasteiger charge is -2.25. The summed E-state index contributed by atoms with van der Waals surface area (Å²) in [5, 5.41) is 0.537. The standard InChI is InChI=1S/C18H21ClN2O4S2/c19-16-6-4-15(5-7-16)14-26(22,23)20-17-8-10-18(11-9-17)27(24,25)21-12-2-1-3-13-21/h4-11,20H,1-3,12-14H2. The van der Waals surface area contributed by atoms with Gasteiger partial charge in [-0.05, 0) is 54.8 Å². The van der Waals surface area contributed by atoms with Crippen LogP contribution < -0.4 is 4.72 Å². The van der Waals surface area contributed by atoms with Gasteiger partial charge in [-0.2, -0.15) is 4.31 Å². The van der Waals surface area contributed by atoms with E-state index in [1.54, 1.807) is 24.3 Å². The normalized spacial score (nSPS) is 16.2. The van der Waals surface area contributed by atoms with Crippen LogP contribution in [-0.2, 0) is 25.8 Å². The van der Waals surface area contributed by atoms with E-state index in [1.807, 2.05) is 0 Å². The monoisotopic (exact) mass is 428 g/mol. The minimum Gasteiger partial charge on any atom is -0.283 e. The van der Waals surface area contributed by atoms with Gasteiger partial charge >= 0.3 is 0 Å². The molecule has 3 rings (SSSR count). The molecule has 0 aliphatic carbocycles. The van der Waals surface area contributed by atoms with Gasteiger partial charge in [0.25, 0.3) is 0 Å². The van der Waals surface area contributed by atoms with Gasteiger partial charge in [-0.15, -0.1) is 0 Å². The van der Waals surface area contributed by atoms with E-state index in [-0.39, 0.29) is 10.6 Å². The lowest BCUT2D eigenvalue weighted by atomic mass is 10.2.